The van der Waals surface area contributed by atoms with Gasteiger partial charge in [0.2, 0.25) is 0 Å². The van der Waals surface area contributed by atoms with Gasteiger partial charge in [0.15, 0.2) is 5.78 Å². The summed E-state index contributed by atoms with van der Waals surface area (Å²) < 4.78 is 13.5. The molecule has 0 spiro atoms. The molecule has 4 nitrogen and oxygen atoms in total. The van der Waals surface area contributed by atoms with Crippen LogP contribution >= 0.6 is 11.3 Å². The van der Waals surface area contributed by atoms with Gasteiger partial charge in [-0.1, -0.05) is 25.7 Å². The summed E-state index contributed by atoms with van der Waals surface area (Å²) in [6, 6.07) is 4.99. The molecule has 1 saturated heterocycles. The van der Waals surface area contributed by atoms with Gasteiger partial charge >= 0.3 is 0 Å². The van der Waals surface area contributed by atoms with Gasteiger partial charge in [0.1, 0.15) is 10.8 Å². The number of benzene rings is 1. The Morgan fingerprint density at radius 1 is 1.27 bits per heavy atom. The summed E-state index contributed by atoms with van der Waals surface area (Å²) in [5.74, 6) is 0.811. The molecule has 1 aromatic heterocycles. The third-order valence-electron chi connectivity index (χ3n) is 6.33. The van der Waals surface area contributed by atoms with Crippen LogP contribution < -0.4 is 10.6 Å². The zero-order valence-electron chi connectivity index (χ0n) is 18.0. The highest BCUT2D eigenvalue weighted by atomic mass is 32.1. The highest BCUT2D eigenvalue weighted by Crippen LogP contribution is 2.35. The first-order chi connectivity index (χ1) is 14.5. The number of carbonyl (C=O) groups excluding carboxylic acids is 1. The molecule has 4 rings (SSSR count). The van der Waals surface area contributed by atoms with Crippen LogP contribution in [0, 0.1) is 25.6 Å². The van der Waals surface area contributed by atoms with E-state index in [4.69, 9.17) is 0 Å². The molecule has 2 aromatic rings. The summed E-state index contributed by atoms with van der Waals surface area (Å²) in [5.41, 5.74) is 2.53. The maximum absolute atomic E-state index is 13.5. The van der Waals surface area contributed by atoms with Crippen molar-refractivity contribution in [3.05, 3.63) is 40.2 Å². The van der Waals surface area contributed by atoms with Crippen molar-refractivity contribution in [2.75, 3.05) is 13.1 Å². The summed E-state index contributed by atoms with van der Waals surface area (Å²) in [5, 5.41) is 7.88. The zero-order chi connectivity index (χ0) is 21.1. The van der Waals surface area contributed by atoms with E-state index < -0.39 is 0 Å². The number of nitrogens with zero attached hydrogens (tertiary/aromatic N) is 1. The molecule has 0 amide bonds. The lowest BCUT2D eigenvalue weighted by Gasteiger charge is -2.28. The van der Waals surface area contributed by atoms with E-state index in [-0.39, 0.29) is 17.6 Å². The van der Waals surface area contributed by atoms with Crippen LogP contribution in [-0.2, 0) is 0 Å². The van der Waals surface area contributed by atoms with Gasteiger partial charge in [-0.2, -0.15) is 0 Å². The number of aryl methyl sites for hydroxylation is 2. The Morgan fingerprint density at radius 3 is 2.73 bits per heavy atom. The van der Waals surface area contributed by atoms with Gasteiger partial charge < -0.3 is 10.6 Å². The molecule has 162 valence electrons. The predicted octanol–water partition coefficient (Wildman–Crippen LogP) is 5.04. The summed E-state index contributed by atoms with van der Waals surface area (Å²) in [6.07, 6.45) is 8.06. The minimum atomic E-state index is -0.247. The number of piperidine rings is 1. The van der Waals surface area contributed by atoms with Crippen LogP contribution in [-0.4, -0.2) is 35.9 Å². The third kappa shape index (κ3) is 5.34. The number of hydrogen-bond donors (Lipinski definition) is 2. The van der Waals surface area contributed by atoms with Crippen LogP contribution in [0.25, 0.3) is 10.6 Å². The Morgan fingerprint density at radius 2 is 2.03 bits per heavy atom. The van der Waals surface area contributed by atoms with Gasteiger partial charge in [-0.3, -0.25) is 4.79 Å². The van der Waals surface area contributed by atoms with Gasteiger partial charge in [-0.25, -0.2) is 9.37 Å². The van der Waals surface area contributed by atoms with Crippen molar-refractivity contribution in [1.29, 1.82) is 0 Å². The average Bonchev–Trinajstić information content (AvgIpc) is 3.47. The molecule has 2 N–H and O–H groups in total. The minimum Gasteiger partial charge on any atom is -0.317 e. The summed E-state index contributed by atoms with van der Waals surface area (Å²) in [6.45, 7) is 5.82. The van der Waals surface area contributed by atoms with Crippen molar-refractivity contribution in [1.82, 2.24) is 15.6 Å². The van der Waals surface area contributed by atoms with Crippen LogP contribution in [0.5, 0.6) is 0 Å². The molecule has 2 heterocycles. The number of rotatable bonds is 9. The largest absolute Gasteiger partial charge is 0.317 e. The first-order valence-corrected chi connectivity index (χ1v) is 12.1. The Labute approximate surface area is 182 Å². The molecule has 0 bridgehead atoms. The summed E-state index contributed by atoms with van der Waals surface area (Å²) in [7, 11) is 0. The Balaban J connectivity index is 1.52. The van der Waals surface area contributed by atoms with Crippen LogP contribution in [0.4, 0.5) is 4.39 Å². The lowest BCUT2D eigenvalue weighted by molar-refractivity contribution is 0.0927. The summed E-state index contributed by atoms with van der Waals surface area (Å²) >= 11 is 1.45. The molecule has 1 aromatic carbocycles. The molecule has 1 atom stereocenters. The fourth-order valence-corrected chi connectivity index (χ4v) is 5.50. The molecule has 30 heavy (non-hydrogen) atoms. The first-order valence-electron chi connectivity index (χ1n) is 11.3. The minimum absolute atomic E-state index is 0.145. The molecule has 0 radical (unpaired) electrons. The fraction of sp³-hybridized carbons (Fsp3) is 0.583. The highest BCUT2D eigenvalue weighted by Gasteiger charge is 2.29. The van der Waals surface area contributed by atoms with Crippen molar-refractivity contribution in [3.63, 3.8) is 0 Å². The number of carbonyl (C=O) groups is 1. The van der Waals surface area contributed by atoms with Gasteiger partial charge in [0, 0.05) is 11.6 Å². The highest BCUT2D eigenvalue weighted by molar-refractivity contribution is 7.17. The lowest BCUT2D eigenvalue weighted by Crippen LogP contribution is -2.47. The molecule has 2 fully saturated rings. The number of thiazole rings is 1. The smallest absolute Gasteiger partial charge is 0.191 e. The van der Waals surface area contributed by atoms with E-state index in [1.165, 1.54) is 42.7 Å². The van der Waals surface area contributed by atoms with Crippen LogP contribution in [0.15, 0.2) is 18.2 Å². The molecule has 1 aliphatic heterocycles. The second-order valence-corrected chi connectivity index (χ2v) is 9.87. The zero-order valence-corrected chi connectivity index (χ0v) is 18.8. The van der Waals surface area contributed by atoms with Gasteiger partial charge in [0.25, 0.3) is 0 Å². The maximum Gasteiger partial charge on any atom is 0.191 e. The predicted molar refractivity (Wildman–Crippen MR) is 121 cm³/mol. The van der Waals surface area contributed by atoms with E-state index in [1.807, 2.05) is 13.8 Å². The van der Waals surface area contributed by atoms with E-state index in [1.54, 1.807) is 6.07 Å². The van der Waals surface area contributed by atoms with Crippen molar-refractivity contribution >= 4 is 17.1 Å². The summed E-state index contributed by atoms with van der Waals surface area (Å²) in [4.78, 5) is 19.0. The van der Waals surface area contributed by atoms with Gasteiger partial charge in [-0.05, 0) is 75.9 Å². The van der Waals surface area contributed by atoms with Crippen molar-refractivity contribution in [3.8, 4) is 10.6 Å². The monoisotopic (exact) mass is 429 g/mol. The average molecular weight is 430 g/mol. The quantitative estimate of drug-likeness (QED) is 0.549. The second kappa shape index (κ2) is 9.67. The molecular weight excluding hydrogens is 397 g/mol. The molecule has 6 heteroatoms. The number of Topliss-reactive ketones (excluding diaryl/α,β-unsaturated/α-hetero) is 1. The van der Waals surface area contributed by atoms with Gasteiger partial charge in [0.05, 0.1) is 16.6 Å². The lowest BCUT2D eigenvalue weighted by atomic mass is 9.98. The SMILES string of the molecule is Cc1cc(F)ccc1-c1nc(C)c(C(=O)C(CCCC2CC2)NC2CCNCC2)s1. The van der Waals surface area contributed by atoms with E-state index >= 15 is 0 Å². The number of halogens is 1. The van der Waals surface area contributed by atoms with E-state index in [2.05, 4.69) is 15.6 Å². The van der Waals surface area contributed by atoms with Gasteiger partial charge in [-0.15, -0.1) is 11.3 Å². The Kier molecular flexibility index (Phi) is 6.96. The Bertz CT molecular complexity index is 887. The number of hydrogen-bond acceptors (Lipinski definition) is 5. The molecule has 2 aliphatic rings. The molecule has 1 unspecified atom stereocenters. The second-order valence-electron chi connectivity index (χ2n) is 8.87. The van der Waals surface area contributed by atoms with E-state index in [9.17, 15) is 9.18 Å². The van der Waals surface area contributed by atoms with Crippen molar-refractivity contribution in [2.45, 2.75) is 70.9 Å². The fourth-order valence-electron chi connectivity index (χ4n) is 4.35. The molecule has 1 aliphatic carbocycles. The number of nitrogens with one attached hydrogen (secondary N) is 2. The maximum atomic E-state index is 13.5. The topological polar surface area (TPSA) is 54.0 Å². The van der Waals surface area contributed by atoms with E-state index in [0.29, 0.717) is 6.04 Å². The van der Waals surface area contributed by atoms with Crippen molar-refractivity contribution < 1.29 is 9.18 Å². The van der Waals surface area contributed by atoms with Crippen LogP contribution in [0.1, 0.15) is 65.9 Å². The number of aromatic nitrogens is 1. The normalized spacial score (nSPS) is 18.5. The third-order valence-corrected chi connectivity index (χ3v) is 7.54. The molecular formula is C24H32FN3OS. The van der Waals surface area contributed by atoms with Crippen molar-refractivity contribution in [2.24, 2.45) is 5.92 Å². The van der Waals surface area contributed by atoms with Crippen LogP contribution in [0.2, 0.25) is 0 Å². The van der Waals surface area contributed by atoms with Crippen LogP contribution in [0.3, 0.4) is 0 Å². The number of ketones is 1. The van der Waals surface area contributed by atoms with E-state index in [0.717, 1.165) is 71.4 Å². The molecule has 1 saturated carbocycles. The standard InChI is InChI=1S/C24H32FN3OS/c1-15-14-18(25)8-9-20(15)24-27-16(2)23(30-24)22(29)21(5-3-4-17-6-7-17)28-19-10-12-26-13-11-19/h8-9,14,17,19,21,26,28H,3-7,10-13H2,1-2H3. The first kappa shape index (κ1) is 21.6. The Hall–Kier alpha value is -1.63.